The summed E-state index contributed by atoms with van der Waals surface area (Å²) in [5.74, 6) is 0. The Morgan fingerprint density at radius 1 is 1.37 bits per heavy atom. The van der Waals surface area contributed by atoms with Gasteiger partial charge in [0.25, 0.3) is 0 Å². The van der Waals surface area contributed by atoms with Crippen LogP contribution in [0.2, 0.25) is 0 Å². The maximum Gasteiger partial charge on any atom is 0.242 e. The molecule has 19 heavy (non-hydrogen) atoms. The molecule has 0 saturated heterocycles. The molecule has 5 nitrogen and oxygen atoms in total. The summed E-state index contributed by atoms with van der Waals surface area (Å²) in [4.78, 5) is -0.0561. The Balaban J connectivity index is 2.27. The van der Waals surface area contributed by atoms with E-state index in [1.54, 1.807) is 0 Å². The van der Waals surface area contributed by atoms with Crippen molar-refractivity contribution < 1.29 is 8.42 Å². The third-order valence-electron chi connectivity index (χ3n) is 2.46. The summed E-state index contributed by atoms with van der Waals surface area (Å²) < 4.78 is 26.7. The van der Waals surface area contributed by atoms with Crippen molar-refractivity contribution in [3.05, 3.63) is 46.2 Å². The molecule has 1 heterocycles. The van der Waals surface area contributed by atoms with Crippen molar-refractivity contribution in [1.82, 2.24) is 4.72 Å². The van der Waals surface area contributed by atoms with Crippen LogP contribution in [-0.4, -0.2) is 8.42 Å². The van der Waals surface area contributed by atoms with Gasteiger partial charge in [-0.1, -0.05) is 0 Å². The van der Waals surface area contributed by atoms with E-state index in [9.17, 15) is 8.42 Å². The molecular weight excluding hydrogens is 282 g/mol. The van der Waals surface area contributed by atoms with Crippen molar-refractivity contribution in [3.63, 3.8) is 0 Å². The SMILES string of the molecule is N#Cc1cc(N)ccc1S(=O)(=O)NCc1ccsc1. The quantitative estimate of drug-likeness (QED) is 0.838. The highest BCUT2D eigenvalue weighted by Crippen LogP contribution is 2.18. The van der Waals surface area contributed by atoms with Gasteiger partial charge in [-0.3, -0.25) is 0 Å². The van der Waals surface area contributed by atoms with Gasteiger partial charge >= 0.3 is 0 Å². The number of nitrogens with zero attached hydrogens (tertiary/aromatic N) is 1. The van der Waals surface area contributed by atoms with Gasteiger partial charge in [0.05, 0.1) is 10.5 Å². The number of rotatable bonds is 4. The number of benzene rings is 1. The Morgan fingerprint density at radius 2 is 2.16 bits per heavy atom. The van der Waals surface area contributed by atoms with E-state index in [0.29, 0.717) is 5.69 Å². The summed E-state index contributed by atoms with van der Waals surface area (Å²) in [6.45, 7) is 0.196. The molecule has 0 fully saturated rings. The molecule has 7 heteroatoms. The van der Waals surface area contributed by atoms with Gasteiger partial charge < -0.3 is 5.73 Å². The second-order valence-corrected chi connectivity index (χ2v) is 6.34. The van der Waals surface area contributed by atoms with E-state index in [1.807, 2.05) is 22.9 Å². The van der Waals surface area contributed by atoms with Crippen molar-refractivity contribution in [1.29, 1.82) is 5.26 Å². The maximum absolute atomic E-state index is 12.1. The summed E-state index contributed by atoms with van der Waals surface area (Å²) >= 11 is 1.49. The topological polar surface area (TPSA) is 96.0 Å². The number of nitrogens with two attached hydrogens (primary N) is 1. The third kappa shape index (κ3) is 3.12. The maximum atomic E-state index is 12.1. The van der Waals surface area contributed by atoms with Gasteiger partial charge in [-0.2, -0.15) is 16.6 Å². The van der Waals surface area contributed by atoms with E-state index in [2.05, 4.69) is 4.72 Å². The number of hydrogen-bond donors (Lipinski definition) is 2. The lowest BCUT2D eigenvalue weighted by Gasteiger charge is -2.08. The number of sulfonamides is 1. The molecule has 1 aromatic heterocycles. The van der Waals surface area contributed by atoms with Crippen LogP contribution in [0.15, 0.2) is 39.9 Å². The number of thiophene rings is 1. The van der Waals surface area contributed by atoms with Crippen LogP contribution >= 0.6 is 11.3 Å². The van der Waals surface area contributed by atoms with E-state index in [0.717, 1.165) is 5.56 Å². The molecule has 0 radical (unpaired) electrons. The first-order valence-corrected chi connectivity index (χ1v) is 7.76. The highest BCUT2D eigenvalue weighted by molar-refractivity contribution is 7.89. The van der Waals surface area contributed by atoms with Crippen molar-refractivity contribution in [2.75, 3.05) is 5.73 Å². The van der Waals surface area contributed by atoms with E-state index in [-0.39, 0.29) is 17.0 Å². The molecule has 1 aromatic carbocycles. The Hall–Kier alpha value is -1.88. The van der Waals surface area contributed by atoms with E-state index in [1.165, 1.54) is 29.5 Å². The first-order chi connectivity index (χ1) is 9.03. The molecule has 0 spiro atoms. The fourth-order valence-corrected chi connectivity index (χ4v) is 3.34. The summed E-state index contributed by atoms with van der Waals surface area (Å²) in [5.41, 5.74) is 6.80. The number of nitrogen functional groups attached to an aromatic ring is 1. The number of anilines is 1. The van der Waals surface area contributed by atoms with E-state index < -0.39 is 10.0 Å². The molecular formula is C12H11N3O2S2. The minimum absolute atomic E-state index is 0.0396. The van der Waals surface area contributed by atoms with Gasteiger partial charge in [-0.25, -0.2) is 13.1 Å². The molecule has 0 aliphatic heterocycles. The summed E-state index contributed by atoms with van der Waals surface area (Å²) in [6.07, 6.45) is 0. The van der Waals surface area contributed by atoms with Crippen LogP contribution in [0.4, 0.5) is 5.69 Å². The Bertz CT molecular complexity index is 716. The predicted octanol–water partition coefficient (Wildman–Crippen LogP) is 1.68. The van der Waals surface area contributed by atoms with Crippen molar-refractivity contribution >= 4 is 27.0 Å². The van der Waals surface area contributed by atoms with Crippen LogP contribution in [0.1, 0.15) is 11.1 Å². The van der Waals surface area contributed by atoms with Crippen LogP contribution in [0, 0.1) is 11.3 Å². The highest BCUT2D eigenvalue weighted by Gasteiger charge is 2.18. The zero-order valence-electron chi connectivity index (χ0n) is 9.83. The molecule has 0 amide bonds. The number of nitriles is 1. The fraction of sp³-hybridized carbons (Fsp3) is 0.0833. The summed E-state index contributed by atoms with van der Waals surface area (Å²) in [5, 5.41) is 12.7. The molecule has 0 aliphatic rings. The molecule has 2 rings (SSSR count). The van der Waals surface area contributed by atoms with Crippen molar-refractivity contribution in [2.24, 2.45) is 0 Å². The van der Waals surface area contributed by atoms with E-state index in [4.69, 9.17) is 11.0 Å². The molecule has 0 aliphatic carbocycles. The van der Waals surface area contributed by atoms with Gasteiger partial charge in [0.15, 0.2) is 0 Å². The Morgan fingerprint density at radius 3 is 2.79 bits per heavy atom. The van der Waals surface area contributed by atoms with Crippen molar-refractivity contribution in [3.8, 4) is 6.07 Å². The lowest BCUT2D eigenvalue weighted by Crippen LogP contribution is -2.23. The lowest BCUT2D eigenvalue weighted by atomic mass is 10.2. The highest BCUT2D eigenvalue weighted by atomic mass is 32.2. The minimum atomic E-state index is -3.72. The second-order valence-electron chi connectivity index (χ2n) is 3.82. The molecule has 0 unspecified atom stereocenters. The third-order valence-corrected chi connectivity index (χ3v) is 4.65. The van der Waals surface area contributed by atoms with E-state index >= 15 is 0 Å². The zero-order valence-corrected chi connectivity index (χ0v) is 11.5. The lowest BCUT2D eigenvalue weighted by molar-refractivity contribution is 0.581. The summed E-state index contributed by atoms with van der Waals surface area (Å²) in [7, 11) is -3.72. The van der Waals surface area contributed by atoms with Crippen LogP contribution in [-0.2, 0) is 16.6 Å². The average molecular weight is 293 g/mol. The standard InChI is InChI=1S/C12H11N3O2S2/c13-6-10-5-11(14)1-2-12(10)19(16,17)15-7-9-3-4-18-8-9/h1-5,8,15H,7,14H2. The van der Waals surface area contributed by atoms with Gasteiger partial charge in [-0.15, -0.1) is 0 Å². The first kappa shape index (κ1) is 13.5. The van der Waals surface area contributed by atoms with Crippen LogP contribution in [0.5, 0.6) is 0 Å². The fourth-order valence-electron chi connectivity index (χ4n) is 1.52. The smallest absolute Gasteiger partial charge is 0.242 e. The second kappa shape index (κ2) is 5.40. The number of nitrogens with one attached hydrogen (secondary N) is 1. The van der Waals surface area contributed by atoms with Gasteiger partial charge in [0.2, 0.25) is 10.0 Å². The molecule has 3 N–H and O–H groups in total. The molecule has 98 valence electrons. The molecule has 0 saturated carbocycles. The molecule has 0 atom stereocenters. The first-order valence-electron chi connectivity index (χ1n) is 5.33. The average Bonchev–Trinajstić information content (AvgIpc) is 2.89. The molecule has 2 aromatic rings. The molecule has 0 bridgehead atoms. The monoisotopic (exact) mass is 293 g/mol. The predicted molar refractivity (Wildman–Crippen MR) is 73.9 cm³/mol. The van der Waals surface area contributed by atoms with Gasteiger partial charge in [-0.05, 0) is 40.6 Å². The van der Waals surface area contributed by atoms with Crippen LogP contribution in [0.25, 0.3) is 0 Å². The van der Waals surface area contributed by atoms with Gasteiger partial charge in [0, 0.05) is 12.2 Å². The summed E-state index contributed by atoms with van der Waals surface area (Å²) in [6, 6.07) is 7.82. The largest absolute Gasteiger partial charge is 0.399 e. The van der Waals surface area contributed by atoms with Crippen molar-refractivity contribution in [2.45, 2.75) is 11.4 Å². The number of hydrogen-bond acceptors (Lipinski definition) is 5. The van der Waals surface area contributed by atoms with Crippen LogP contribution < -0.4 is 10.5 Å². The Labute approximate surface area is 115 Å². The van der Waals surface area contributed by atoms with Gasteiger partial charge in [0.1, 0.15) is 6.07 Å². The van der Waals surface area contributed by atoms with Crippen LogP contribution in [0.3, 0.4) is 0 Å². The Kier molecular flexibility index (Phi) is 3.85. The normalized spacial score (nSPS) is 11.1. The zero-order chi connectivity index (χ0) is 13.9. The minimum Gasteiger partial charge on any atom is -0.399 e.